The minimum Gasteiger partial charge on any atom is -0.628 e. The fraction of sp³-hybridized carbons (Fsp3) is 0.323. The van der Waals surface area contributed by atoms with E-state index in [1.165, 1.54) is 0 Å². The molecule has 0 radical (unpaired) electrons. The molecule has 0 saturated heterocycles. The van der Waals surface area contributed by atoms with Gasteiger partial charge in [-0.2, -0.15) is 0 Å². The van der Waals surface area contributed by atoms with Crippen LogP contribution >= 0.6 is 0 Å². The van der Waals surface area contributed by atoms with Gasteiger partial charge >= 0.3 is 5.97 Å². The highest BCUT2D eigenvalue weighted by Crippen LogP contribution is 2.40. The maximum Gasteiger partial charge on any atom is 0.343 e. The molecular formula is C31H31N3O6. The molecule has 0 spiro atoms. The number of esters is 1. The number of pyridine rings is 2. The Bertz CT molecular complexity index is 1740. The largest absolute Gasteiger partial charge is 0.628 e. The second-order valence-corrected chi connectivity index (χ2v) is 10.9. The third-order valence-electron chi connectivity index (χ3n) is 8.09. The molecule has 40 heavy (non-hydrogen) atoms. The second-order valence-electron chi connectivity index (χ2n) is 10.9. The number of hydroxylamine groups is 2. The van der Waals surface area contributed by atoms with Crippen molar-refractivity contribution in [1.82, 2.24) is 14.2 Å². The van der Waals surface area contributed by atoms with Crippen molar-refractivity contribution in [2.75, 3.05) is 14.1 Å². The van der Waals surface area contributed by atoms with Gasteiger partial charge < -0.3 is 29.0 Å². The molecule has 0 saturated carbocycles. The van der Waals surface area contributed by atoms with Crippen LogP contribution in [-0.4, -0.2) is 34.7 Å². The number of aryl methyl sites for hydroxylation is 1. The number of carbonyl (C=O) groups excluding carboxylic acids is 1. The smallest absolute Gasteiger partial charge is 0.343 e. The van der Waals surface area contributed by atoms with Crippen molar-refractivity contribution in [3.05, 3.63) is 91.9 Å². The first kappa shape index (κ1) is 26.2. The first-order valence-electron chi connectivity index (χ1n) is 13.4. The molecule has 9 nitrogen and oxygen atoms in total. The molecule has 4 heterocycles. The first-order chi connectivity index (χ1) is 19.0. The van der Waals surface area contributed by atoms with Gasteiger partial charge in [-0.15, -0.1) is 0 Å². The van der Waals surface area contributed by atoms with Gasteiger partial charge in [-0.05, 0) is 72.5 Å². The monoisotopic (exact) mass is 541 g/mol. The molecule has 2 aromatic heterocycles. The molecule has 2 aromatic carbocycles. The Kier molecular flexibility index (Phi) is 6.06. The van der Waals surface area contributed by atoms with E-state index in [9.17, 15) is 19.9 Å². The maximum absolute atomic E-state index is 13.5. The van der Waals surface area contributed by atoms with E-state index in [-0.39, 0.29) is 18.6 Å². The van der Waals surface area contributed by atoms with Crippen molar-refractivity contribution < 1.29 is 19.4 Å². The summed E-state index contributed by atoms with van der Waals surface area (Å²) in [6.07, 6.45) is 0.821. The van der Waals surface area contributed by atoms with E-state index in [4.69, 9.17) is 14.5 Å². The van der Waals surface area contributed by atoms with Crippen LogP contribution < -0.4 is 14.9 Å². The summed E-state index contributed by atoms with van der Waals surface area (Å²) in [4.78, 5) is 30.9. The number of benzene rings is 2. The Morgan fingerprint density at radius 1 is 1.10 bits per heavy atom. The van der Waals surface area contributed by atoms with Gasteiger partial charge in [0.2, 0.25) is 0 Å². The fourth-order valence-corrected chi connectivity index (χ4v) is 5.75. The van der Waals surface area contributed by atoms with Crippen LogP contribution in [-0.2, 0) is 41.3 Å². The van der Waals surface area contributed by atoms with Crippen molar-refractivity contribution in [3.63, 3.8) is 0 Å². The molecular weight excluding hydrogens is 510 g/mol. The van der Waals surface area contributed by atoms with Crippen molar-refractivity contribution in [2.24, 2.45) is 0 Å². The molecule has 206 valence electrons. The van der Waals surface area contributed by atoms with Gasteiger partial charge in [0.25, 0.3) is 5.56 Å². The van der Waals surface area contributed by atoms with Crippen LogP contribution in [0.3, 0.4) is 0 Å². The zero-order chi connectivity index (χ0) is 28.4. The Labute approximate surface area is 231 Å². The Balaban J connectivity index is 1.37. The van der Waals surface area contributed by atoms with Crippen LogP contribution in [0.2, 0.25) is 0 Å². The lowest BCUT2D eigenvalue weighted by molar-refractivity contribution is -0.172. The highest BCUT2D eigenvalue weighted by molar-refractivity contribution is 5.90. The number of quaternary nitrogens is 1. The molecule has 1 N–H and O–H groups in total. The van der Waals surface area contributed by atoms with E-state index < -0.39 is 16.2 Å². The molecule has 0 aliphatic carbocycles. The fourth-order valence-electron chi connectivity index (χ4n) is 5.75. The van der Waals surface area contributed by atoms with E-state index in [0.717, 1.165) is 34.0 Å². The number of aromatic nitrogens is 2. The SMILES string of the molecule is CCc1c2c(nc3ccc(OCc4ccc([N+](C)(C)[O-])cc4)cc13)-c1cc3c(c(=O)n1C2)COC(=O)[C@]3(O)CC. The van der Waals surface area contributed by atoms with Crippen LogP contribution in [0.5, 0.6) is 5.75 Å². The van der Waals surface area contributed by atoms with Gasteiger partial charge in [-0.25, -0.2) is 9.78 Å². The Morgan fingerprint density at radius 2 is 1.85 bits per heavy atom. The van der Waals surface area contributed by atoms with Crippen molar-refractivity contribution in [2.45, 2.75) is 52.0 Å². The Morgan fingerprint density at radius 3 is 2.52 bits per heavy atom. The summed E-state index contributed by atoms with van der Waals surface area (Å²) in [6, 6.07) is 14.9. The van der Waals surface area contributed by atoms with Crippen molar-refractivity contribution in [1.29, 1.82) is 0 Å². The number of nitrogens with zero attached hydrogens (tertiary/aromatic N) is 3. The number of carbonyl (C=O) groups is 1. The minimum absolute atomic E-state index is 0.0999. The van der Waals surface area contributed by atoms with Gasteiger partial charge in [0, 0.05) is 16.5 Å². The topological polar surface area (TPSA) is 114 Å². The molecule has 4 aromatic rings. The molecule has 6 rings (SSSR count). The van der Waals surface area contributed by atoms with Gasteiger partial charge in [0.05, 0.1) is 43.1 Å². The number of cyclic esters (lactones) is 1. The molecule has 2 aliphatic heterocycles. The van der Waals surface area contributed by atoms with E-state index in [2.05, 4.69) is 6.92 Å². The van der Waals surface area contributed by atoms with Crippen LogP contribution in [0.15, 0.2) is 53.3 Å². The quantitative estimate of drug-likeness (QED) is 0.194. The van der Waals surface area contributed by atoms with Gasteiger partial charge in [-0.1, -0.05) is 13.8 Å². The number of fused-ring (bicyclic) bond motifs is 5. The summed E-state index contributed by atoms with van der Waals surface area (Å²) >= 11 is 0. The summed E-state index contributed by atoms with van der Waals surface area (Å²) in [5.74, 6) is -0.0394. The van der Waals surface area contributed by atoms with Crippen LogP contribution in [0.4, 0.5) is 5.69 Å². The molecule has 0 bridgehead atoms. The standard InChI is InChI=1S/C31H31N3O6/c1-5-21-22-13-20(39-16-18-7-9-19(10-8-18)34(3,4)38)11-12-26(22)32-28-23(21)15-33-27(28)14-25-24(29(33)35)17-40-30(36)31(25,37)6-2/h7-14,37H,5-6,15-17H2,1-4H3/t31-/m0/s1. The lowest BCUT2D eigenvalue weighted by Gasteiger charge is -2.33. The number of ether oxygens (including phenoxy) is 2. The lowest BCUT2D eigenvalue weighted by Crippen LogP contribution is -2.44. The van der Waals surface area contributed by atoms with Gasteiger partial charge in [0.15, 0.2) is 5.60 Å². The third-order valence-corrected chi connectivity index (χ3v) is 8.09. The molecule has 0 unspecified atom stereocenters. The zero-order valence-corrected chi connectivity index (χ0v) is 23.0. The minimum atomic E-state index is -1.85. The summed E-state index contributed by atoms with van der Waals surface area (Å²) in [6.45, 7) is 4.31. The Hall–Kier alpha value is -4.05. The summed E-state index contributed by atoms with van der Waals surface area (Å²) in [7, 11) is 3.17. The average Bonchev–Trinajstić information content (AvgIpc) is 3.31. The van der Waals surface area contributed by atoms with Gasteiger partial charge in [-0.3, -0.25) is 4.79 Å². The molecule has 1 atom stereocenters. The normalized spacial score (nSPS) is 17.8. The molecule has 2 aliphatic rings. The van der Waals surface area contributed by atoms with E-state index >= 15 is 0 Å². The second kappa shape index (κ2) is 9.26. The van der Waals surface area contributed by atoms with E-state index in [1.54, 1.807) is 31.7 Å². The predicted octanol–water partition coefficient (Wildman–Crippen LogP) is 4.29. The van der Waals surface area contributed by atoms with Gasteiger partial charge in [0.1, 0.15) is 24.7 Å². The van der Waals surface area contributed by atoms with E-state index in [0.29, 0.717) is 47.1 Å². The third kappa shape index (κ3) is 4.00. The molecule has 9 heteroatoms. The predicted molar refractivity (Wildman–Crippen MR) is 152 cm³/mol. The van der Waals surface area contributed by atoms with Crippen LogP contribution in [0, 0.1) is 5.21 Å². The number of hydrogen-bond donors (Lipinski definition) is 1. The van der Waals surface area contributed by atoms with Crippen LogP contribution in [0.25, 0.3) is 22.3 Å². The highest BCUT2D eigenvalue weighted by Gasteiger charge is 2.45. The molecule has 0 fully saturated rings. The zero-order valence-electron chi connectivity index (χ0n) is 23.0. The average molecular weight is 542 g/mol. The van der Waals surface area contributed by atoms with Crippen molar-refractivity contribution in [3.8, 4) is 17.1 Å². The highest BCUT2D eigenvalue weighted by atomic mass is 16.6. The van der Waals surface area contributed by atoms with Crippen LogP contribution in [0.1, 0.15) is 48.1 Å². The molecule has 0 amide bonds. The summed E-state index contributed by atoms with van der Waals surface area (Å²) in [5.41, 5.74) is 4.20. The van der Waals surface area contributed by atoms with E-state index in [1.807, 2.05) is 42.5 Å². The van der Waals surface area contributed by atoms with Crippen molar-refractivity contribution >= 4 is 22.6 Å². The number of rotatable bonds is 6. The first-order valence-corrected chi connectivity index (χ1v) is 13.4. The maximum atomic E-state index is 13.5. The summed E-state index contributed by atoms with van der Waals surface area (Å²) in [5, 5.41) is 24.2. The summed E-state index contributed by atoms with van der Waals surface area (Å²) < 4.78 is 12.4. The number of hydrogen-bond acceptors (Lipinski definition) is 7. The lowest BCUT2D eigenvalue weighted by atomic mass is 9.86. The number of aliphatic hydroxyl groups is 1.